The molecule has 0 bridgehead atoms. The highest BCUT2D eigenvalue weighted by molar-refractivity contribution is 5.85. The second-order valence-corrected chi connectivity index (χ2v) is 4.72. The zero-order valence-corrected chi connectivity index (χ0v) is 12.0. The van der Waals surface area contributed by atoms with Crippen LogP contribution in [0.3, 0.4) is 0 Å². The highest BCUT2D eigenvalue weighted by Crippen LogP contribution is 2.20. The van der Waals surface area contributed by atoms with Crippen molar-refractivity contribution >= 4 is 12.0 Å². The van der Waals surface area contributed by atoms with Crippen LogP contribution in [0, 0.1) is 13.8 Å². The van der Waals surface area contributed by atoms with Crippen molar-refractivity contribution in [3.8, 4) is 5.75 Å². The van der Waals surface area contributed by atoms with E-state index in [9.17, 15) is 4.79 Å². The summed E-state index contributed by atoms with van der Waals surface area (Å²) in [4.78, 5) is 14.9. The van der Waals surface area contributed by atoms with Gasteiger partial charge >= 0.3 is 5.97 Å². The number of carboxylic acids is 1. The Morgan fingerprint density at radius 1 is 1.24 bits per heavy atom. The van der Waals surface area contributed by atoms with Gasteiger partial charge in [0.2, 0.25) is 0 Å². The summed E-state index contributed by atoms with van der Waals surface area (Å²) >= 11 is 0. The summed E-state index contributed by atoms with van der Waals surface area (Å²) in [7, 11) is 0. The lowest BCUT2D eigenvalue weighted by Gasteiger charge is -2.11. The van der Waals surface area contributed by atoms with Crippen molar-refractivity contribution in [3.63, 3.8) is 0 Å². The van der Waals surface area contributed by atoms with Crippen LogP contribution >= 0.6 is 0 Å². The Morgan fingerprint density at radius 2 is 2.00 bits per heavy atom. The number of carbonyl (C=O) groups is 1. The van der Waals surface area contributed by atoms with E-state index in [2.05, 4.69) is 4.98 Å². The van der Waals surface area contributed by atoms with Crippen LogP contribution in [-0.4, -0.2) is 16.1 Å². The standard InChI is InChI=1S/C17H17NO3/c1-12-5-3-4-6-14(12)11-21-16-9-7-13(2)18-15(16)8-10-17(19)20/h3-10H,11H2,1-2H3,(H,19,20). The van der Waals surface area contributed by atoms with E-state index in [0.29, 0.717) is 18.1 Å². The molecule has 4 nitrogen and oxygen atoms in total. The molecule has 1 heterocycles. The molecule has 0 fully saturated rings. The van der Waals surface area contributed by atoms with Crippen LogP contribution in [0.1, 0.15) is 22.5 Å². The summed E-state index contributed by atoms with van der Waals surface area (Å²) in [6, 6.07) is 11.6. The molecule has 0 atom stereocenters. The number of ether oxygens (including phenoxy) is 1. The van der Waals surface area contributed by atoms with Crippen molar-refractivity contribution in [2.24, 2.45) is 0 Å². The smallest absolute Gasteiger partial charge is 0.328 e. The van der Waals surface area contributed by atoms with Gasteiger partial charge in [0.05, 0.1) is 0 Å². The van der Waals surface area contributed by atoms with Crippen LogP contribution in [0.4, 0.5) is 0 Å². The molecule has 0 amide bonds. The predicted octanol–water partition coefficient (Wildman–Crippen LogP) is 3.38. The van der Waals surface area contributed by atoms with Gasteiger partial charge in [0.1, 0.15) is 18.1 Å². The summed E-state index contributed by atoms with van der Waals surface area (Å²) in [6.07, 6.45) is 2.50. The lowest BCUT2D eigenvalue weighted by molar-refractivity contribution is -0.131. The lowest BCUT2D eigenvalue weighted by Crippen LogP contribution is -2.01. The molecular weight excluding hydrogens is 266 g/mol. The number of aromatic nitrogens is 1. The molecule has 0 spiro atoms. The first-order chi connectivity index (χ1) is 10.1. The van der Waals surface area contributed by atoms with Gasteiger partial charge in [0.15, 0.2) is 0 Å². The van der Waals surface area contributed by atoms with E-state index in [1.165, 1.54) is 6.08 Å². The van der Waals surface area contributed by atoms with E-state index in [1.54, 1.807) is 0 Å². The minimum Gasteiger partial charge on any atom is -0.487 e. The van der Waals surface area contributed by atoms with E-state index in [-0.39, 0.29) is 0 Å². The Labute approximate surface area is 123 Å². The van der Waals surface area contributed by atoms with Crippen LogP contribution in [0.25, 0.3) is 6.08 Å². The zero-order valence-electron chi connectivity index (χ0n) is 12.0. The largest absolute Gasteiger partial charge is 0.487 e. The first-order valence-electron chi connectivity index (χ1n) is 6.62. The van der Waals surface area contributed by atoms with Crippen molar-refractivity contribution in [3.05, 3.63) is 65.0 Å². The Kier molecular flexibility index (Phi) is 4.72. The third kappa shape index (κ3) is 4.18. The average Bonchev–Trinajstić information content (AvgIpc) is 2.45. The predicted molar refractivity (Wildman–Crippen MR) is 81.2 cm³/mol. The van der Waals surface area contributed by atoms with Gasteiger partial charge < -0.3 is 9.84 Å². The lowest BCUT2D eigenvalue weighted by atomic mass is 10.1. The Hall–Kier alpha value is -2.62. The molecule has 108 valence electrons. The van der Waals surface area contributed by atoms with Gasteiger partial charge in [-0.15, -0.1) is 0 Å². The summed E-state index contributed by atoms with van der Waals surface area (Å²) in [5.74, 6) is -0.440. The van der Waals surface area contributed by atoms with Crippen molar-refractivity contribution < 1.29 is 14.6 Å². The zero-order chi connectivity index (χ0) is 15.2. The molecule has 0 radical (unpaired) electrons. The quantitative estimate of drug-likeness (QED) is 0.855. The Balaban J connectivity index is 2.20. The monoisotopic (exact) mass is 283 g/mol. The molecule has 1 aromatic heterocycles. The molecule has 21 heavy (non-hydrogen) atoms. The molecule has 0 saturated heterocycles. The second-order valence-electron chi connectivity index (χ2n) is 4.72. The maximum atomic E-state index is 10.6. The molecule has 0 aliphatic carbocycles. The van der Waals surface area contributed by atoms with Crippen LogP contribution in [0.5, 0.6) is 5.75 Å². The first kappa shape index (κ1) is 14.8. The van der Waals surface area contributed by atoms with Gasteiger partial charge in [-0.3, -0.25) is 0 Å². The third-order valence-corrected chi connectivity index (χ3v) is 3.05. The number of carboxylic acid groups (broad SMARTS) is 1. The average molecular weight is 283 g/mol. The third-order valence-electron chi connectivity index (χ3n) is 3.05. The fourth-order valence-corrected chi connectivity index (χ4v) is 1.88. The van der Waals surface area contributed by atoms with Gasteiger partial charge in [-0.05, 0) is 43.2 Å². The molecule has 0 aliphatic heterocycles. The van der Waals surface area contributed by atoms with Crippen LogP contribution in [-0.2, 0) is 11.4 Å². The molecule has 2 aromatic rings. The van der Waals surface area contributed by atoms with Crippen molar-refractivity contribution in [1.82, 2.24) is 4.98 Å². The number of hydrogen-bond acceptors (Lipinski definition) is 3. The van der Waals surface area contributed by atoms with E-state index >= 15 is 0 Å². The molecule has 1 N–H and O–H groups in total. The number of nitrogens with zero attached hydrogens (tertiary/aromatic N) is 1. The topological polar surface area (TPSA) is 59.4 Å². The number of benzene rings is 1. The van der Waals surface area contributed by atoms with Gasteiger partial charge in [-0.2, -0.15) is 0 Å². The molecule has 0 unspecified atom stereocenters. The van der Waals surface area contributed by atoms with Gasteiger partial charge in [-0.25, -0.2) is 9.78 Å². The maximum Gasteiger partial charge on any atom is 0.328 e. The number of rotatable bonds is 5. The molecule has 1 aromatic carbocycles. The summed E-state index contributed by atoms with van der Waals surface area (Å²) < 4.78 is 5.78. The van der Waals surface area contributed by atoms with Crippen molar-refractivity contribution in [1.29, 1.82) is 0 Å². The van der Waals surface area contributed by atoms with E-state index in [4.69, 9.17) is 9.84 Å². The van der Waals surface area contributed by atoms with Crippen LogP contribution < -0.4 is 4.74 Å². The minimum atomic E-state index is -1.01. The summed E-state index contributed by atoms with van der Waals surface area (Å²) in [5.41, 5.74) is 3.57. The number of aryl methyl sites for hydroxylation is 2. The molecular formula is C17H17NO3. The number of hydrogen-bond donors (Lipinski definition) is 1. The highest BCUT2D eigenvalue weighted by Gasteiger charge is 2.05. The fraction of sp³-hybridized carbons (Fsp3) is 0.176. The van der Waals surface area contributed by atoms with E-state index in [0.717, 1.165) is 22.9 Å². The Morgan fingerprint density at radius 3 is 2.71 bits per heavy atom. The first-order valence-corrected chi connectivity index (χ1v) is 6.62. The van der Waals surface area contributed by atoms with Crippen LogP contribution in [0.2, 0.25) is 0 Å². The number of aliphatic carboxylic acids is 1. The summed E-state index contributed by atoms with van der Waals surface area (Å²) in [6.45, 7) is 4.30. The number of pyridine rings is 1. The van der Waals surface area contributed by atoms with E-state index < -0.39 is 5.97 Å². The van der Waals surface area contributed by atoms with Crippen molar-refractivity contribution in [2.45, 2.75) is 20.5 Å². The molecule has 0 aliphatic rings. The maximum absolute atomic E-state index is 10.6. The molecule has 2 rings (SSSR count). The fourth-order valence-electron chi connectivity index (χ4n) is 1.88. The normalized spacial score (nSPS) is 10.8. The summed E-state index contributed by atoms with van der Waals surface area (Å²) in [5, 5.41) is 8.72. The van der Waals surface area contributed by atoms with Gasteiger partial charge in [-0.1, -0.05) is 24.3 Å². The van der Waals surface area contributed by atoms with Gasteiger partial charge in [0, 0.05) is 11.8 Å². The van der Waals surface area contributed by atoms with E-state index in [1.807, 2.05) is 50.2 Å². The van der Waals surface area contributed by atoms with Crippen molar-refractivity contribution in [2.75, 3.05) is 0 Å². The SMILES string of the molecule is Cc1ccc(OCc2ccccc2C)c(C=CC(=O)O)n1. The van der Waals surface area contributed by atoms with Gasteiger partial charge in [0.25, 0.3) is 0 Å². The van der Waals surface area contributed by atoms with Crippen LogP contribution in [0.15, 0.2) is 42.5 Å². The minimum absolute atomic E-state index is 0.422. The highest BCUT2D eigenvalue weighted by atomic mass is 16.5. The molecule has 0 saturated carbocycles. The Bertz CT molecular complexity index is 677. The molecule has 4 heteroatoms. The second kappa shape index (κ2) is 6.70.